The quantitative estimate of drug-likeness (QED) is 0.325. The fourth-order valence-corrected chi connectivity index (χ4v) is 0.796. The van der Waals surface area contributed by atoms with E-state index in [0.717, 1.165) is 32.2 Å². The molecule has 0 spiro atoms. The lowest BCUT2D eigenvalue weighted by Gasteiger charge is -2.07. The van der Waals surface area contributed by atoms with E-state index in [-0.39, 0.29) is 0 Å². The van der Waals surface area contributed by atoms with Crippen molar-refractivity contribution in [3.05, 3.63) is 12.2 Å². The van der Waals surface area contributed by atoms with Crippen molar-refractivity contribution in [2.45, 2.75) is 26.2 Å². The molecule has 0 aliphatic rings. The molecule has 64 valence electrons. The third-order valence-corrected chi connectivity index (χ3v) is 1.46. The van der Waals surface area contributed by atoms with Gasteiger partial charge >= 0.3 is 0 Å². The Labute approximate surface area is 68.9 Å². The summed E-state index contributed by atoms with van der Waals surface area (Å²) in [6.07, 6.45) is 8.42. The van der Waals surface area contributed by atoms with Crippen molar-refractivity contribution in [1.29, 1.82) is 0 Å². The van der Waals surface area contributed by atoms with Crippen LogP contribution in [-0.4, -0.2) is 24.9 Å². The summed E-state index contributed by atoms with van der Waals surface area (Å²) >= 11 is 0. The Morgan fingerprint density at radius 2 is 2.09 bits per heavy atom. The van der Waals surface area contributed by atoms with E-state index < -0.39 is 0 Å². The summed E-state index contributed by atoms with van der Waals surface area (Å²) in [7, 11) is 1.80. The molecule has 0 unspecified atom stereocenters. The van der Waals surface area contributed by atoms with Gasteiger partial charge in [-0.25, -0.2) is 0 Å². The van der Waals surface area contributed by atoms with Crippen LogP contribution in [0.2, 0.25) is 0 Å². The monoisotopic (exact) mass is 155 g/mol. The summed E-state index contributed by atoms with van der Waals surface area (Å²) in [5, 5.41) is 0. The molecular formula is C9H17NO. The average molecular weight is 155 g/mol. The molecule has 0 saturated heterocycles. The molecule has 0 aromatic carbocycles. The first-order chi connectivity index (χ1) is 5.31. The van der Waals surface area contributed by atoms with Crippen molar-refractivity contribution in [3.63, 3.8) is 0 Å². The molecule has 0 fully saturated rings. The predicted molar refractivity (Wildman–Crippen MR) is 47.4 cm³/mol. The molecule has 0 aliphatic heterocycles. The molecule has 0 rings (SSSR count). The van der Waals surface area contributed by atoms with E-state index in [4.69, 9.17) is 0 Å². The zero-order valence-electron chi connectivity index (χ0n) is 7.42. The molecule has 0 radical (unpaired) electrons. The van der Waals surface area contributed by atoms with E-state index in [1.165, 1.54) is 0 Å². The molecule has 11 heavy (non-hydrogen) atoms. The summed E-state index contributed by atoms with van der Waals surface area (Å²) < 4.78 is 0. The minimum atomic E-state index is 0.859. The van der Waals surface area contributed by atoms with Crippen LogP contribution in [0.25, 0.3) is 0 Å². The van der Waals surface area contributed by atoms with Crippen molar-refractivity contribution >= 4 is 6.41 Å². The van der Waals surface area contributed by atoms with Crippen LogP contribution in [0.4, 0.5) is 0 Å². The number of nitrogens with zero attached hydrogens (tertiary/aromatic N) is 1. The summed E-state index contributed by atoms with van der Waals surface area (Å²) in [6, 6.07) is 0. The highest BCUT2D eigenvalue weighted by molar-refractivity contribution is 5.46. The van der Waals surface area contributed by atoms with Gasteiger partial charge in [-0.05, 0) is 19.3 Å². The average Bonchev–Trinajstić information content (AvgIpc) is 2.04. The van der Waals surface area contributed by atoms with E-state index in [9.17, 15) is 4.79 Å². The van der Waals surface area contributed by atoms with Crippen LogP contribution in [0.1, 0.15) is 26.2 Å². The van der Waals surface area contributed by atoms with Gasteiger partial charge in [0.25, 0.3) is 0 Å². The van der Waals surface area contributed by atoms with Crippen LogP contribution in [0.5, 0.6) is 0 Å². The maximum Gasteiger partial charge on any atom is 0.209 e. The van der Waals surface area contributed by atoms with Crippen LogP contribution in [0.3, 0.4) is 0 Å². The number of hydrogen-bond acceptors (Lipinski definition) is 1. The van der Waals surface area contributed by atoms with Gasteiger partial charge in [-0.2, -0.15) is 0 Å². The van der Waals surface area contributed by atoms with Crippen LogP contribution >= 0.6 is 0 Å². The highest BCUT2D eigenvalue weighted by Gasteiger charge is 1.89. The van der Waals surface area contributed by atoms with Crippen molar-refractivity contribution in [2.24, 2.45) is 0 Å². The Morgan fingerprint density at radius 1 is 1.36 bits per heavy atom. The van der Waals surface area contributed by atoms with Gasteiger partial charge in [0.05, 0.1) is 0 Å². The number of hydrogen-bond donors (Lipinski definition) is 0. The van der Waals surface area contributed by atoms with Crippen molar-refractivity contribution < 1.29 is 4.79 Å². The first kappa shape index (κ1) is 10.2. The summed E-state index contributed by atoms with van der Waals surface area (Å²) in [5.41, 5.74) is 0. The lowest BCUT2D eigenvalue weighted by molar-refractivity contribution is -0.117. The number of carbonyl (C=O) groups is 1. The second-order valence-corrected chi connectivity index (χ2v) is 2.61. The van der Waals surface area contributed by atoms with Gasteiger partial charge < -0.3 is 4.90 Å². The molecule has 0 aromatic rings. The van der Waals surface area contributed by atoms with E-state index in [1.54, 1.807) is 11.9 Å². The van der Waals surface area contributed by atoms with Gasteiger partial charge in [0.1, 0.15) is 0 Å². The Bertz CT molecular complexity index is 121. The standard InChI is InChI=1S/C9H17NO/c1-3-4-5-6-7-8-10(2)9-11/h4-5,9H,3,6-8H2,1-2H3. The largest absolute Gasteiger partial charge is 0.348 e. The van der Waals surface area contributed by atoms with Gasteiger partial charge in [-0.15, -0.1) is 0 Å². The maximum atomic E-state index is 10.1. The zero-order valence-corrected chi connectivity index (χ0v) is 7.42. The highest BCUT2D eigenvalue weighted by atomic mass is 16.1. The summed E-state index contributed by atoms with van der Waals surface area (Å²) in [5.74, 6) is 0. The van der Waals surface area contributed by atoms with E-state index in [1.807, 2.05) is 0 Å². The first-order valence-corrected chi connectivity index (χ1v) is 4.11. The number of rotatable bonds is 6. The number of unbranched alkanes of at least 4 members (excludes halogenated alkanes) is 1. The lowest BCUT2D eigenvalue weighted by atomic mass is 10.2. The third kappa shape index (κ3) is 7.10. The molecule has 0 N–H and O–H groups in total. The van der Waals surface area contributed by atoms with Gasteiger partial charge in [0.15, 0.2) is 0 Å². The molecule has 0 atom stereocenters. The fraction of sp³-hybridized carbons (Fsp3) is 0.667. The van der Waals surface area contributed by atoms with Gasteiger partial charge in [-0.1, -0.05) is 19.1 Å². The van der Waals surface area contributed by atoms with E-state index in [2.05, 4.69) is 19.1 Å². The number of carbonyl (C=O) groups excluding carboxylic acids is 1. The van der Waals surface area contributed by atoms with Crippen molar-refractivity contribution in [2.75, 3.05) is 13.6 Å². The van der Waals surface area contributed by atoms with Crippen LogP contribution in [0.15, 0.2) is 12.2 Å². The normalized spacial score (nSPS) is 10.4. The Kier molecular flexibility index (Phi) is 6.79. The SMILES string of the molecule is CCC=CCCCN(C)C=O. The van der Waals surface area contributed by atoms with E-state index in [0.29, 0.717) is 0 Å². The Morgan fingerprint density at radius 3 is 2.64 bits per heavy atom. The Balaban J connectivity index is 3.13. The second kappa shape index (κ2) is 7.32. The smallest absolute Gasteiger partial charge is 0.209 e. The number of allylic oxidation sites excluding steroid dienone is 2. The molecule has 1 amide bonds. The van der Waals surface area contributed by atoms with Gasteiger partial charge in [0, 0.05) is 13.6 Å². The predicted octanol–water partition coefficient (Wildman–Crippen LogP) is 1.82. The minimum absolute atomic E-state index is 0.859. The first-order valence-electron chi connectivity index (χ1n) is 4.11. The van der Waals surface area contributed by atoms with Crippen LogP contribution in [0, 0.1) is 0 Å². The lowest BCUT2D eigenvalue weighted by Crippen LogP contribution is -2.16. The zero-order chi connectivity index (χ0) is 8.53. The van der Waals surface area contributed by atoms with Crippen molar-refractivity contribution in [3.8, 4) is 0 Å². The molecule has 0 aromatic heterocycles. The fourth-order valence-electron chi connectivity index (χ4n) is 0.796. The van der Waals surface area contributed by atoms with Gasteiger partial charge in [0.2, 0.25) is 6.41 Å². The molecule has 2 nitrogen and oxygen atoms in total. The molecule has 0 saturated carbocycles. The Hall–Kier alpha value is -0.790. The molecule has 0 aliphatic carbocycles. The summed E-state index contributed by atoms with van der Waals surface area (Å²) in [4.78, 5) is 11.8. The van der Waals surface area contributed by atoms with Crippen molar-refractivity contribution in [1.82, 2.24) is 4.90 Å². The topological polar surface area (TPSA) is 20.3 Å². The third-order valence-electron chi connectivity index (χ3n) is 1.46. The second-order valence-electron chi connectivity index (χ2n) is 2.61. The molecular weight excluding hydrogens is 138 g/mol. The van der Waals surface area contributed by atoms with E-state index >= 15 is 0 Å². The maximum absolute atomic E-state index is 10.1. The molecule has 2 heteroatoms. The number of amides is 1. The minimum Gasteiger partial charge on any atom is -0.348 e. The molecule has 0 bridgehead atoms. The van der Waals surface area contributed by atoms with Gasteiger partial charge in [-0.3, -0.25) is 4.79 Å². The summed E-state index contributed by atoms with van der Waals surface area (Å²) in [6.45, 7) is 2.98. The van der Waals surface area contributed by atoms with Crippen LogP contribution < -0.4 is 0 Å². The van der Waals surface area contributed by atoms with Crippen LogP contribution in [-0.2, 0) is 4.79 Å². The molecule has 0 heterocycles. The highest BCUT2D eigenvalue weighted by Crippen LogP contribution is 1.93.